The summed E-state index contributed by atoms with van der Waals surface area (Å²) in [5.74, 6) is 1.21. The Labute approximate surface area is 130 Å². The van der Waals surface area contributed by atoms with Crippen LogP contribution in [0.4, 0.5) is 4.39 Å². The molecule has 5 heteroatoms. The van der Waals surface area contributed by atoms with Gasteiger partial charge in [-0.25, -0.2) is 4.39 Å². The normalized spacial score (nSPS) is 10.4. The Kier molecular flexibility index (Phi) is 5.26. The van der Waals surface area contributed by atoms with Gasteiger partial charge in [-0.1, -0.05) is 15.9 Å². The van der Waals surface area contributed by atoms with Crippen molar-refractivity contribution < 1.29 is 13.9 Å². The summed E-state index contributed by atoms with van der Waals surface area (Å²) < 4.78 is 24.9. The molecule has 0 N–H and O–H groups in total. The Bertz CT molecular complexity index is 604. The highest BCUT2D eigenvalue weighted by atomic mass is 79.9. The smallest absolute Gasteiger partial charge is 0.124 e. The zero-order valence-corrected chi connectivity index (χ0v) is 13.2. The lowest BCUT2D eigenvalue weighted by molar-refractivity contribution is 0.301. The van der Waals surface area contributed by atoms with E-state index in [9.17, 15) is 4.39 Å². The van der Waals surface area contributed by atoms with Crippen molar-refractivity contribution in [2.24, 2.45) is 0 Å². The lowest BCUT2D eigenvalue weighted by Gasteiger charge is -2.12. The first-order chi connectivity index (χ1) is 9.63. The highest BCUT2D eigenvalue weighted by Gasteiger charge is 2.07. The molecule has 0 bridgehead atoms. The second kappa shape index (κ2) is 6.95. The molecule has 0 amide bonds. The number of alkyl halides is 1. The second-order valence-corrected chi connectivity index (χ2v) is 5.25. The molecule has 2 rings (SSSR count). The Balaban J connectivity index is 2.16. The molecule has 0 atom stereocenters. The van der Waals surface area contributed by atoms with Crippen molar-refractivity contribution in [2.75, 3.05) is 7.11 Å². The minimum atomic E-state index is -0.324. The van der Waals surface area contributed by atoms with Gasteiger partial charge in [0.2, 0.25) is 0 Å². The molecule has 0 saturated heterocycles. The highest BCUT2D eigenvalue weighted by molar-refractivity contribution is 9.10. The first kappa shape index (κ1) is 15.1. The monoisotopic (exact) mass is 358 g/mol. The number of hydrogen-bond acceptors (Lipinski definition) is 2. The summed E-state index contributed by atoms with van der Waals surface area (Å²) in [6, 6.07) is 9.95. The Morgan fingerprint density at radius 1 is 1.15 bits per heavy atom. The average Bonchev–Trinajstić information content (AvgIpc) is 2.47. The largest absolute Gasteiger partial charge is 0.497 e. The minimum absolute atomic E-state index is 0.201. The van der Waals surface area contributed by atoms with Crippen molar-refractivity contribution >= 4 is 27.5 Å². The standard InChI is InChI=1S/C15H13BrClFO2/c1-19-13-3-4-14(16)11(7-13)9-20-15-5-2-12(18)6-10(15)8-17/h2-7H,8-9H2,1H3. The zero-order valence-electron chi connectivity index (χ0n) is 10.8. The van der Waals surface area contributed by atoms with E-state index < -0.39 is 0 Å². The van der Waals surface area contributed by atoms with E-state index in [1.54, 1.807) is 13.2 Å². The fourth-order valence-electron chi connectivity index (χ4n) is 1.74. The summed E-state index contributed by atoms with van der Waals surface area (Å²) in [5, 5.41) is 0. The van der Waals surface area contributed by atoms with Crippen LogP contribution >= 0.6 is 27.5 Å². The van der Waals surface area contributed by atoms with E-state index in [4.69, 9.17) is 21.1 Å². The predicted molar refractivity (Wildman–Crippen MR) is 81.0 cm³/mol. The quantitative estimate of drug-likeness (QED) is 0.706. The van der Waals surface area contributed by atoms with Crippen LogP contribution in [-0.2, 0) is 12.5 Å². The van der Waals surface area contributed by atoms with E-state index in [0.717, 1.165) is 15.8 Å². The van der Waals surface area contributed by atoms with Gasteiger partial charge in [0.1, 0.15) is 23.9 Å². The molecule has 0 aliphatic carbocycles. The molecule has 0 aromatic heterocycles. The first-order valence-corrected chi connectivity index (χ1v) is 7.26. The van der Waals surface area contributed by atoms with Crippen LogP contribution in [-0.4, -0.2) is 7.11 Å². The van der Waals surface area contributed by atoms with Crippen molar-refractivity contribution in [3.05, 3.63) is 57.8 Å². The van der Waals surface area contributed by atoms with Gasteiger partial charge >= 0.3 is 0 Å². The minimum Gasteiger partial charge on any atom is -0.497 e. The molecule has 0 radical (unpaired) electrons. The Hall–Kier alpha value is -1.26. The molecule has 0 saturated carbocycles. The fourth-order valence-corrected chi connectivity index (χ4v) is 2.31. The summed E-state index contributed by atoms with van der Waals surface area (Å²) in [6.07, 6.45) is 0. The number of rotatable bonds is 5. The number of ether oxygens (including phenoxy) is 2. The lowest BCUT2D eigenvalue weighted by atomic mass is 10.2. The van der Waals surface area contributed by atoms with Gasteiger partial charge in [-0.2, -0.15) is 0 Å². The van der Waals surface area contributed by atoms with Crippen molar-refractivity contribution in [3.63, 3.8) is 0 Å². The van der Waals surface area contributed by atoms with Gasteiger partial charge in [-0.15, -0.1) is 11.6 Å². The molecule has 0 heterocycles. The second-order valence-electron chi connectivity index (χ2n) is 4.13. The molecule has 0 spiro atoms. The molecule has 0 fully saturated rings. The van der Waals surface area contributed by atoms with Gasteiger partial charge in [-0.05, 0) is 36.4 Å². The van der Waals surface area contributed by atoms with Crippen LogP contribution < -0.4 is 9.47 Å². The Morgan fingerprint density at radius 2 is 1.95 bits per heavy atom. The van der Waals surface area contributed by atoms with E-state index in [2.05, 4.69) is 15.9 Å². The third-order valence-corrected chi connectivity index (χ3v) is 3.86. The summed E-state index contributed by atoms with van der Waals surface area (Å²) in [6.45, 7) is 0.341. The predicted octanol–water partition coefficient (Wildman–Crippen LogP) is 4.91. The molecule has 106 valence electrons. The summed E-state index contributed by atoms with van der Waals surface area (Å²) >= 11 is 9.25. The number of hydrogen-bond donors (Lipinski definition) is 0. The lowest BCUT2D eigenvalue weighted by Crippen LogP contribution is -2.00. The van der Waals surface area contributed by atoms with Crippen molar-refractivity contribution in [1.29, 1.82) is 0 Å². The molecule has 0 aliphatic heterocycles. The van der Waals surface area contributed by atoms with Crippen LogP contribution in [0.3, 0.4) is 0 Å². The summed E-state index contributed by atoms with van der Waals surface area (Å²) in [5.41, 5.74) is 1.57. The van der Waals surface area contributed by atoms with E-state index in [1.807, 2.05) is 18.2 Å². The average molecular weight is 360 g/mol. The molecule has 0 unspecified atom stereocenters. The van der Waals surface area contributed by atoms with Crippen molar-refractivity contribution in [1.82, 2.24) is 0 Å². The van der Waals surface area contributed by atoms with Crippen molar-refractivity contribution in [2.45, 2.75) is 12.5 Å². The van der Waals surface area contributed by atoms with Crippen molar-refractivity contribution in [3.8, 4) is 11.5 Å². The zero-order chi connectivity index (χ0) is 14.5. The van der Waals surface area contributed by atoms with Crippen LogP contribution in [0.25, 0.3) is 0 Å². The molecule has 0 aliphatic rings. The van der Waals surface area contributed by atoms with Gasteiger partial charge in [0.25, 0.3) is 0 Å². The SMILES string of the molecule is COc1ccc(Br)c(COc2ccc(F)cc2CCl)c1. The van der Waals surface area contributed by atoms with E-state index in [-0.39, 0.29) is 11.7 Å². The maximum Gasteiger partial charge on any atom is 0.124 e. The van der Waals surface area contributed by atoms with Gasteiger partial charge < -0.3 is 9.47 Å². The molecule has 20 heavy (non-hydrogen) atoms. The van der Waals surface area contributed by atoms with E-state index in [1.165, 1.54) is 12.1 Å². The van der Waals surface area contributed by atoms with Gasteiger partial charge in [-0.3, -0.25) is 0 Å². The third kappa shape index (κ3) is 3.64. The van der Waals surface area contributed by atoms with E-state index in [0.29, 0.717) is 17.9 Å². The van der Waals surface area contributed by atoms with Crippen LogP contribution in [0, 0.1) is 5.82 Å². The molecular formula is C15H13BrClFO2. The number of benzene rings is 2. The molecule has 2 aromatic carbocycles. The van der Waals surface area contributed by atoms with Crippen LogP contribution in [0.2, 0.25) is 0 Å². The maximum atomic E-state index is 13.1. The maximum absolute atomic E-state index is 13.1. The molecular weight excluding hydrogens is 347 g/mol. The first-order valence-electron chi connectivity index (χ1n) is 5.93. The number of halogens is 3. The molecule has 2 aromatic rings. The number of methoxy groups -OCH3 is 1. The fraction of sp³-hybridized carbons (Fsp3) is 0.200. The third-order valence-electron chi connectivity index (χ3n) is 2.80. The van der Waals surface area contributed by atoms with Crippen LogP contribution in [0.5, 0.6) is 11.5 Å². The van der Waals surface area contributed by atoms with Crippen LogP contribution in [0.1, 0.15) is 11.1 Å². The van der Waals surface area contributed by atoms with Gasteiger partial charge in [0, 0.05) is 15.6 Å². The van der Waals surface area contributed by atoms with E-state index >= 15 is 0 Å². The van der Waals surface area contributed by atoms with Crippen LogP contribution in [0.15, 0.2) is 40.9 Å². The van der Waals surface area contributed by atoms with Gasteiger partial charge in [0.05, 0.1) is 13.0 Å². The topological polar surface area (TPSA) is 18.5 Å². The highest BCUT2D eigenvalue weighted by Crippen LogP contribution is 2.26. The Morgan fingerprint density at radius 3 is 2.65 bits per heavy atom. The molecule has 2 nitrogen and oxygen atoms in total. The van der Waals surface area contributed by atoms with Gasteiger partial charge in [0.15, 0.2) is 0 Å². The summed E-state index contributed by atoms with van der Waals surface area (Å²) in [7, 11) is 1.61. The summed E-state index contributed by atoms with van der Waals surface area (Å²) in [4.78, 5) is 0.